The Labute approximate surface area is 100 Å². The second-order valence-corrected chi connectivity index (χ2v) is 4.37. The number of rotatable bonds is 3. The molecule has 0 aliphatic carbocycles. The van der Waals surface area contributed by atoms with Gasteiger partial charge in [-0.15, -0.1) is 10.2 Å². The monoisotopic (exact) mass is 283 g/mol. The first-order valence-corrected chi connectivity index (χ1v) is 5.79. The van der Waals surface area contributed by atoms with Gasteiger partial charge in [0.25, 0.3) is 0 Å². The van der Waals surface area contributed by atoms with E-state index in [1.807, 2.05) is 6.92 Å². The van der Waals surface area contributed by atoms with Crippen LogP contribution in [0.5, 0.6) is 0 Å². The van der Waals surface area contributed by atoms with Gasteiger partial charge in [0, 0.05) is 12.3 Å². The zero-order chi connectivity index (χ0) is 11.5. The number of nitrogens with one attached hydrogen (secondary N) is 1. The molecule has 6 heteroatoms. The highest BCUT2D eigenvalue weighted by atomic mass is 79.9. The summed E-state index contributed by atoms with van der Waals surface area (Å²) >= 11 is 3.43. The standard InChI is InChI=1S/C10H10BrN3O2/c1-2-7(11)10-14-13-9(16-10)6-3-4-8(15)12-5-6/h3-5,7H,2H2,1H3,(H,12,15). The molecule has 0 fully saturated rings. The Morgan fingerprint density at radius 3 is 2.94 bits per heavy atom. The van der Waals surface area contributed by atoms with Gasteiger partial charge in [0.15, 0.2) is 0 Å². The average molecular weight is 284 g/mol. The number of H-pyrrole nitrogens is 1. The normalized spacial score (nSPS) is 12.6. The molecule has 2 aromatic rings. The second kappa shape index (κ2) is 4.61. The van der Waals surface area contributed by atoms with Gasteiger partial charge in [0.1, 0.15) is 0 Å². The lowest BCUT2D eigenvalue weighted by atomic mass is 10.3. The highest BCUT2D eigenvalue weighted by molar-refractivity contribution is 9.09. The topological polar surface area (TPSA) is 71.8 Å². The Kier molecular flexibility index (Phi) is 3.19. The minimum atomic E-state index is -0.157. The number of hydrogen-bond donors (Lipinski definition) is 1. The van der Waals surface area contributed by atoms with Crippen LogP contribution in [0.4, 0.5) is 0 Å². The van der Waals surface area contributed by atoms with Gasteiger partial charge in [-0.25, -0.2) is 0 Å². The van der Waals surface area contributed by atoms with E-state index >= 15 is 0 Å². The van der Waals surface area contributed by atoms with Crippen molar-refractivity contribution < 1.29 is 4.42 Å². The number of aromatic amines is 1. The fourth-order valence-corrected chi connectivity index (χ4v) is 1.38. The van der Waals surface area contributed by atoms with Crippen LogP contribution >= 0.6 is 15.9 Å². The average Bonchev–Trinajstić information content (AvgIpc) is 2.78. The Bertz CT molecular complexity index is 514. The van der Waals surface area contributed by atoms with Gasteiger partial charge in [-0.05, 0) is 12.5 Å². The third-order valence-electron chi connectivity index (χ3n) is 2.10. The van der Waals surface area contributed by atoms with Gasteiger partial charge in [-0.3, -0.25) is 4.79 Å². The maximum Gasteiger partial charge on any atom is 0.249 e. The molecule has 1 N–H and O–H groups in total. The molecule has 0 aliphatic rings. The summed E-state index contributed by atoms with van der Waals surface area (Å²) in [4.78, 5) is 13.5. The maximum atomic E-state index is 10.9. The largest absolute Gasteiger partial charge is 0.419 e. The Morgan fingerprint density at radius 2 is 2.31 bits per heavy atom. The molecule has 5 nitrogen and oxygen atoms in total. The molecular formula is C10H10BrN3O2. The SMILES string of the molecule is CCC(Br)c1nnc(-c2ccc(=O)[nH]c2)o1. The van der Waals surface area contributed by atoms with Gasteiger partial charge in [0.05, 0.1) is 10.4 Å². The van der Waals surface area contributed by atoms with Crippen molar-refractivity contribution in [2.24, 2.45) is 0 Å². The van der Waals surface area contributed by atoms with Crippen molar-refractivity contribution in [3.8, 4) is 11.5 Å². The molecule has 84 valence electrons. The fourth-order valence-electron chi connectivity index (χ4n) is 1.20. The van der Waals surface area contributed by atoms with E-state index in [2.05, 4.69) is 31.1 Å². The molecule has 1 atom stereocenters. The second-order valence-electron chi connectivity index (χ2n) is 3.26. The summed E-state index contributed by atoms with van der Waals surface area (Å²) in [5.41, 5.74) is 0.546. The van der Waals surface area contributed by atoms with Crippen molar-refractivity contribution in [1.82, 2.24) is 15.2 Å². The smallest absolute Gasteiger partial charge is 0.249 e. The van der Waals surface area contributed by atoms with Crippen LogP contribution in [0.2, 0.25) is 0 Å². The highest BCUT2D eigenvalue weighted by Crippen LogP contribution is 2.26. The highest BCUT2D eigenvalue weighted by Gasteiger charge is 2.14. The Hall–Kier alpha value is -1.43. The predicted octanol–water partition coefficient (Wildman–Crippen LogP) is 2.27. The molecule has 0 saturated carbocycles. The Morgan fingerprint density at radius 1 is 1.50 bits per heavy atom. The van der Waals surface area contributed by atoms with Crippen LogP contribution in [-0.4, -0.2) is 15.2 Å². The lowest BCUT2D eigenvalue weighted by Gasteiger charge is -1.97. The molecule has 0 amide bonds. The number of pyridine rings is 1. The first-order chi connectivity index (χ1) is 7.70. The van der Waals surface area contributed by atoms with E-state index < -0.39 is 0 Å². The fraction of sp³-hybridized carbons (Fsp3) is 0.300. The number of halogens is 1. The zero-order valence-electron chi connectivity index (χ0n) is 8.61. The van der Waals surface area contributed by atoms with E-state index in [0.717, 1.165) is 6.42 Å². The summed E-state index contributed by atoms with van der Waals surface area (Å²) in [5, 5.41) is 7.85. The molecule has 0 aliphatic heterocycles. The van der Waals surface area contributed by atoms with Crippen molar-refractivity contribution in [1.29, 1.82) is 0 Å². The minimum absolute atomic E-state index is 0.0662. The summed E-state index contributed by atoms with van der Waals surface area (Å²) in [6.07, 6.45) is 2.42. The van der Waals surface area contributed by atoms with Crippen LogP contribution in [0, 0.1) is 0 Å². The van der Waals surface area contributed by atoms with E-state index in [1.165, 1.54) is 6.07 Å². The molecule has 0 spiro atoms. The number of hydrogen-bond acceptors (Lipinski definition) is 4. The molecule has 0 aromatic carbocycles. The van der Waals surface area contributed by atoms with Gasteiger partial charge in [-0.1, -0.05) is 22.9 Å². The van der Waals surface area contributed by atoms with Crippen molar-refractivity contribution in [2.45, 2.75) is 18.2 Å². The molecule has 0 radical (unpaired) electrons. The number of aromatic nitrogens is 3. The van der Waals surface area contributed by atoms with Crippen molar-refractivity contribution in [2.75, 3.05) is 0 Å². The molecule has 0 bridgehead atoms. The van der Waals surface area contributed by atoms with Crippen molar-refractivity contribution in [3.63, 3.8) is 0 Å². The lowest BCUT2D eigenvalue weighted by Crippen LogP contribution is -2.01. The molecule has 0 saturated heterocycles. The summed E-state index contributed by atoms with van der Waals surface area (Å²) in [6.45, 7) is 2.02. The van der Waals surface area contributed by atoms with Gasteiger partial charge in [-0.2, -0.15) is 0 Å². The molecule has 1 unspecified atom stereocenters. The maximum absolute atomic E-state index is 10.9. The van der Waals surface area contributed by atoms with Crippen LogP contribution in [0.3, 0.4) is 0 Å². The van der Waals surface area contributed by atoms with Gasteiger partial charge >= 0.3 is 0 Å². The first kappa shape index (κ1) is 11.1. The molecule has 16 heavy (non-hydrogen) atoms. The van der Waals surface area contributed by atoms with Crippen LogP contribution in [0.25, 0.3) is 11.5 Å². The van der Waals surface area contributed by atoms with Gasteiger partial charge < -0.3 is 9.40 Å². The third-order valence-corrected chi connectivity index (χ3v) is 3.14. The van der Waals surface area contributed by atoms with Crippen molar-refractivity contribution >= 4 is 15.9 Å². The summed E-state index contributed by atoms with van der Waals surface area (Å²) in [5.74, 6) is 0.952. The summed E-state index contributed by atoms with van der Waals surface area (Å²) < 4.78 is 5.47. The minimum Gasteiger partial charge on any atom is -0.419 e. The lowest BCUT2D eigenvalue weighted by molar-refractivity contribution is 0.500. The van der Waals surface area contributed by atoms with Crippen LogP contribution in [0.1, 0.15) is 24.1 Å². The van der Waals surface area contributed by atoms with E-state index in [-0.39, 0.29) is 10.4 Å². The quantitative estimate of drug-likeness (QED) is 0.877. The molecule has 2 rings (SSSR count). The van der Waals surface area contributed by atoms with E-state index in [9.17, 15) is 4.79 Å². The van der Waals surface area contributed by atoms with E-state index in [0.29, 0.717) is 17.3 Å². The first-order valence-electron chi connectivity index (χ1n) is 4.87. The summed E-state index contributed by atoms with van der Waals surface area (Å²) in [6, 6.07) is 3.07. The van der Waals surface area contributed by atoms with E-state index in [4.69, 9.17) is 4.42 Å². The third kappa shape index (κ3) is 2.21. The summed E-state index contributed by atoms with van der Waals surface area (Å²) in [7, 11) is 0. The molecule has 2 aromatic heterocycles. The van der Waals surface area contributed by atoms with Crippen LogP contribution in [-0.2, 0) is 0 Å². The van der Waals surface area contributed by atoms with Crippen LogP contribution in [0.15, 0.2) is 27.5 Å². The predicted molar refractivity (Wildman–Crippen MR) is 62.3 cm³/mol. The van der Waals surface area contributed by atoms with Crippen LogP contribution < -0.4 is 5.56 Å². The number of alkyl halides is 1. The molecular weight excluding hydrogens is 274 g/mol. The van der Waals surface area contributed by atoms with Crippen molar-refractivity contribution in [3.05, 3.63) is 34.6 Å². The Balaban J connectivity index is 2.31. The number of nitrogens with zero attached hydrogens (tertiary/aromatic N) is 2. The van der Waals surface area contributed by atoms with Gasteiger partial charge in [0.2, 0.25) is 17.3 Å². The zero-order valence-corrected chi connectivity index (χ0v) is 10.2. The van der Waals surface area contributed by atoms with E-state index in [1.54, 1.807) is 12.3 Å². The molecule has 2 heterocycles.